The van der Waals surface area contributed by atoms with Crippen LogP contribution < -0.4 is 4.90 Å². The lowest BCUT2D eigenvalue weighted by atomic mass is 10.2. The van der Waals surface area contributed by atoms with E-state index in [4.69, 9.17) is 0 Å². The summed E-state index contributed by atoms with van der Waals surface area (Å²) in [5.41, 5.74) is 0.129. The Balaban J connectivity index is 2.59. The Morgan fingerprint density at radius 3 is 2.20 bits per heavy atom. The van der Waals surface area contributed by atoms with E-state index in [9.17, 15) is 17.6 Å². The fourth-order valence-electron chi connectivity index (χ4n) is 1.84. The largest absolute Gasteiger partial charge is 0.335 e. The van der Waals surface area contributed by atoms with Crippen LogP contribution >= 0.6 is 0 Å². The van der Waals surface area contributed by atoms with E-state index in [0.717, 1.165) is 0 Å². The molecule has 0 heterocycles. The van der Waals surface area contributed by atoms with Gasteiger partial charge in [-0.3, -0.25) is 0 Å². The van der Waals surface area contributed by atoms with Gasteiger partial charge in [-0.05, 0) is 12.1 Å². The van der Waals surface area contributed by atoms with E-state index in [-0.39, 0.29) is 12.2 Å². The fraction of sp³-hybridized carbons (Fsp3) is 0.0667. The number of para-hydroxylation sites is 1. The van der Waals surface area contributed by atoms with Gasteiger partial charge in [-0.25, -0.2) is 17.6 Å². The van der Waals surface area contributed by atoms with Gasteiger partial charge in [-0.1, -0.05) is 24.3 Å². The molecule has 0 amide bonds. The van der Waals surface area contributed by atoms with Crippen LogP contribution in [0.2, 0.25) is 0 Å². The van der Waals surface area contributed by atoms with Crippen molar-refractivity contribution < 1.29 is 17.6 Å². The quantitative estimate of drug-likeness (QED) is 0.343. The van der Waals surface area contributed by atoms with Gasteiger partial charge in [-0.2, -0.15) is 0 Å². The summed E-state index contributed by atoms with van der Waals surface area (Å²) < 4.78 is 53.5. The Morgan fingerprint density at radius 1 is 0.950 bits per heavy atom. The van der Waals surface area contributed by atoms with Crippen LogP contribution in [0.1, 0.15) is 0 Å². The van der Waals surface area contributed by atoms with Gasteiger partial charge in [0.15, 0.2) is 23.3 Å². The molecule has 0 aromatic heterocycles. The molecule has 0 aliphatic carbocycles. The molecule has 0 spiro atoms. The number of hydrogen-bond acceptors (Lipinski definition) is 1. The van der Waals surface area contributed by atoms with Gasteiger partial charge in [0.05, 0.1) is 5.69 Å². The summed E-state index contributed by atoms with van der Waals surface area (Å²) in [5, 5.41) is 0. The molecule has 0 radical (unpaired) electrons. The monoisotopic (exact) mass is 281 g/mol. The Kier molecular flexibility index (Phi) is 4.08. The molecule has 2 rings (SSSR count). The van der Waals surface area contributed by atoms with E-state index in [2.05, 4.69) is 6.58 Å². The topological polar surface area (TPSA) is 3.24 Å². The van der Waals surface area contributed by atoms with E-state index in [0.29, 0.717) is 11.8 Å². The number of nitrogens with zero attached hydrogens (tertiary/aromatic N) is 1. The average molecular weight is 281 g/mol. The van der Waals surface area contributed by atoms with Crippen LogP contribution in [0.5, 0.6) is 0 Å². The summed E-state index contributed by atoms with van der Waals surface area (Å²) in [6.07, 6.45) is 1.45. The van der Waals surface area contributed by atoms with Crippen molar-refractivity contribution in [2.45, 2.75) is 0 Å². The van der Waals surface area contributed by atoms with Gasteiger partial charge in [0.1, 0.15) is 0 Å². The second-order valence-corrected chi connectivity index (χ2v) is 4.05. The number of rotatable bonds is 4. The molecule has 0 saturated carbocycles. The van der Waals surface area contributed by atoms with Crippen molar-refractivity contribution in [3.8, 4) is 0 Å². The smallest absolute Gasteiger partial charge is 0.199 e. The van der Waals surface area contributed by atoms with E-state index in [1.54, 1.807) is 30.3 Å². The molecule has 104 valence electrons. The first-order valence-corrected chi connectivity index (χ1v) is 5.82. The second-order valence-electron chi connectivity index (χ2n) is 4.05. The molecule has 0 saturated heterocycles. The maximum atomic E-state index is 13.8. The van der Waals surface area contributed by atoms with Crippen molar-refractivity contribution in [3.05, 3.63) is 72.3 Å². The molecule has 5 heteroatoms. The first-order valence-electron chi connectivity index (χ1n) is 5.82. The molecule has 0 fully saturated rings. The molecule has 0 atom stereocenters. The molecule has 2 aromatic carbocycles. The van der Waals surface area contributed by atoms with E-state index in [1.165, 1.54) is 11.0 Å². The van der Waals surface area contributed by atoms with E-state index in [1.807, 2.05) is 0 Å². The molecular weight excluding hydrogens is 270 g/mol. The Hall–Kier alpha value is -2.30. The van der Waals surface area contributed by atoms with E-state index >= 15 is 0 Å². The zero-order valence-electron chi connectivity index (χ0n) is 10.4. The molecule has 1 nitrogen and oxygen atoms in total. The lowest BCUT2D eigenvalue weighted by Crippen LogP contribution is -2.19. The molecule has 0 N–H and O–H groups in total. The maximum Gasteiger partial charge on any atom is 0.199 e. The minimum Gasteiger partial charge on any atom is -0.335 e. The normalized spacial score (nSPS) is 10.4. The summed E-state index contributed by atoms with van der Waals surface area (Å²) in [7, 11) is 0. The van der Waals surface area contributed by atoms with Gasteiger partial charge in [0, 0.05) is 18.3 Å². The maximum absolute atomic E-state index is 13.8. The third-order valence-electron chi connectivity index (χ3n) is 2.75. The molecule has 2 aromatic rings. The summed E-state index contributed by atoms with van der Waals surface area (Å²) in [5.74, 6) is -6.53. The van der Waals surface area contributed by atoms with Crippen LogP contribution in [0.3, 0.4) is 0 Å². The van der Waals surface area contributed by atoms with Crippen LogP contribution in [0.25, 0.3) is 0 Å². The van der Waals surface area contributed by atoms with Crippen molar-refractivity contribution in [3.63, 3.8) is 0 Å². The number of hydrogen-bond donors (Lipinski definition) is 0. The number of benzene rings is 2. The van der Waals surface area contributed by atoms with Crippen LogP contribution in [0.4, 0.5) is 28.9 Å². The highest BCUT2D eigenvalue weighted by Crippen LogP contribution is 2.31. The lowest BCUT2D eigenvalue weighted by molar-refractivity contribution is 0.410. The Bertz CT molecular complexity index is 626. The highest BCUT2D eigenvalue weighted by molar-refractivity contribution is 5.64. The Labute approximate surface area is 113 Å². The predicted octanol–water partition coefficient (Wildman–Crippen LogP) is 4.57. The second kappa shape index (κ2) is 5.77. The van der Waals surface area contributed by atoms with Crippen LogP contribution in [0, 0.1) is 23.3 Å². The van der Waals surface area contributed by atoms with Crippen LogP contribution in [0.15, 0.2) is 49.1 Å². The molecule has 20 heavy (non-hydrogen) atoms. The Morgan fingerprint density at radius 2 is 1.60 bits per heavy atom. The van der Waals surface area contributed by atoms with Crippen molar-refractivity contribution in [2.75, 3.05) is 11.4 Å². The van der Waals surface area contributed by atoms with Gasteiger partial charge in [-0.15, -0.1) is 6.58 Å². The molecule has 0 bridgehead atoms. The van der Waals surface area contributed by atoms with Gasteiger partial charge in [0.25, 0.3) is 0 Å². The zero-order valence-corrected chi connectivity index (χ0v) is 10.4. The number of anilines is 2. The average Bonchev–Trinajstić information content (AvgIpc) is 2.47. The molecule has 0 unspecified atom stereocenters. The van der Waals surface area contributed by atoms with Crippen LogP contribution in [-0.2, 0) is 0 Å². The highest BCUT2D eigenvalue weighted by atomic mass is 19.2. The minimum absolute atomic E-state index is 0.117. The lowest BCUT2D eigenvalue weighted by Gasteiger charge is -2.24. The molecule has 0 aliphatic heterocycles. The summed E-state index contributed by atoms with van der Waals surface area (Å²) in [4.78, 5) is 1.30. The first kappa shape index (κ1) is 14.1. The first-order chi connectivity index (χ1) is 9.56. The zero-order chi connectivity index (χ0) is 14.7. The van der Waals surface area contributed by atoms with Crippen molar-refractivity contribution in [2.24, 2.45) is 0 Å². The number of halogens is 4. The van der Waals surface area contributed by atoms with Crippen LogP contribution in [-0.4, -0.2) is 6.54 Å². The summed E-state index contributed by atoms with van der Waals surface area (Å²) >= 11 is 0. The predicted molar refractivity (Wildman–Crippen MR) is 69.9 cm³/mol. The highest BCUT2D eigenvalue weighted by Gasteiger charge is 2.22. The molecule has 0 aliphatic rings. The summed E-state index contributed by atoms with van der Waals surface area (Å²) in [6.45, 7) is 3.63. The minimum atomic E-state index is -1.83. The molecular formula is C15H11F4N. The van der Waals surface area contributed by atoms with Gasteiger partial charge in [0.2, 0.25) is 0 Å². The van der Waals surface area contributed by atoms with Crippen molar-refractivity contribution >= 4 is 11.4 Å². The van der Waals surface area contributed by atoms with Gasteiger partial charge < -0.3 is 4.90 Å². The fourth-order valence-corrected chi connectivity index (χ4v) is 1.84. The van der Waals surface area contributed by atoms with Crippen molar-refractivity contribution in [1.82, 2.24) is 0 Å². The third-order valence-corrected chi connectivity index (χ3v) is 2.75. The standard InChI is InChI=1S/C15H11F4N/c1-2-8-20(10-6-4-3-5-7-10)12-9-11(16)13(17)15(19)14(12)18/h2-7,9H,1,8H2. The van der Waals surface area contributed by atoms with E-state index < -0.39 is 23.3 Å². The SMILES string of the molecule is C=CCN(c1ccccc1)c1cc(F)c(F)c(F)c1F. The third kappa shape index (κ3) is 2.52. The van der Waals surface area contributed by atoms with Gasteiger partial charge >= 0.3 is 0 Å². The van der Waals surface area contributed by atoms with Crippen molar-refractivity contribution in [1.29, 1.82) is 0 Å². The summed E-state index contributed by atoms with van der Waals surface area (Å²) in [6, 6.07) is 9.05.